The molecule has 28 heavy (non-hydrogen) atoms. The Labute approximate surface area is 162 Å². The number of hydrogen-bond acceptors (Lipinski definition) is 5. The molecule has 0 bridgehead atoms. The van der Waals surface area contributed by atoms with E-state index in [0.717, 1.165) is 11.1 Å². The van der Waals surface area contributed by atoms with Gasteiger partial charge in [0.2, 0.25) is 0 Å². The summed E-state index contributed by atoms with van der Waals surface area (Å²) < 4.78 is 48.7. The number of alkyl halides is 3. The van der Waals surface area contributed by atoms with Crippen LogP contribution < -0.4 is 14.8 Å². The van der Waals surface area contributed by atoms with Gasteiger partial charge in [-0.15, -0.1) is 0 Å². The van der Waals surface area contributed by atoms with Gasteiger partial charge >= 0.3 is 6.18 Å². The fraction of sp³-hybridized carbons (Fsp3) is 0.450. The van der Waals surface area contributed by atoms with Crippen LogP contribution in [0, 0.1) is 0 Å². The molecule has 1 aromatic heterocycles. The average Bonchev–Trinajstić information content (AvgIpc) is 3.11. The van der Waals surface area contributed by atoms with Gasteiger partial charge in [0.25, 0.3) is 0 Å². The minimum Gasteiger partial charge on any atom is -0.493 e. The average molecular weight is 395 g/mol. The van der Waals surface area contributed by atoms with E-state index in [9.17, 15) is 13.2 Å². The standard InChI is InChI=1S/C20H24F3N3O2/c1-27-18-5-4-15(9-19(18)28-13-16-3-2-7-24-10-16)11-25-17-6-8-26(12-17)14-20(21,22)23/h2-5,7,9-10,17,25H,6,8,11-14H2,1H3. The SMILES string of the molecule is COc1ccc(CNC2CCN(CC(F)(F)F)C2)cc1OCc1cccnc1. The second kappa shape index (κ2) is 9.25. The molecule has 1 aliphatic heterocycles. The zero-order valence-electron chi connectivity index (χ0n) is 15.7. The van der Waals surface area contributed by atoms with E-state index in [0.29, 0.717) is 44.2 Å². The van der Waals surface area contributed by atoms with Crippen molar-refractivity contribution < 1.29 is 22.6 Å². The molecule has 1 saturated heterocycles. The van der Waals surface area contributed by atoms with Gasteiger partial charge in [-0.1, -0.05) is 12.1 Å². The van der Waals surface area contributed by atoms with E-state index in [4.69, 9.17) is 9.47 Å². The van der Waals surface area contributed by atoms with Crippen LogP contribution in [0.25, 0.3) is 0 Å². The van der Waals surface area contributed by atoms with Gasteiger partial charge in [-0.05, 0) is 30.2 Å². The van der Waals surface area contributed by atoms with Crippen molar-refractivity contribution in [3.05, 3.63) is 53.9 Å². The van der Waals surface area contributed by atoms with E-state index in [2.05, 4.69) is 10.3 Å². The predicted octanol–water partition coefficient (Wildman–Crippen LogP) is 3.40. The largest absolute Gasteiger partial charge is 0.493 e. The van der Waals surface area contributed by atoms with Gasteiger partial charge in [0.15, 0.2) is 11.5 Å². The number of aromatic nitrogens is 1. The van der Waals surface area contributed by atoms with Crippen LogP contribution in [0.4, 0.5) is 13.2 Å². The monoisotopic (exact) mass is 395 g/mol. The van der Waals surface area contributed by atoms with Crippen molar-refractivity contribution >= 4 is 0 Å². The molecule has 0 spiro atoms. The van der Waals surface area contributed by atoms with Gasteiger partial charge in [0.1, 0.15) is 6.61 Å². The fourth-order valence-corrected chi connectivity index (χ4v) is 3.25. The van der Waals surface area contributed by atoms with Gasteiger partial charge in [0.05, 0.1) is 13.7 Å². The predicted molar refractivity (Wildman–Crippen MR) is 99.3 cm³/mol. The van der Waals surface area contributed by atoms with E-state index in [1.54, 1.807) is 19.5 Å². The Balaban J connectivity index is 1.54. The number of methoxy groups -OCH3 is 1. The number of rotatable bonds is 8. The summed E-state index contributed by atoms with van der Waals surface area (Å²) >= 11 is 0. The summed E-state index contributed by atoms with van der Waals surface area (Å²) in [5.74, 6) is 1.25. The van der Waals surface area contributed by atoms with Crippen LogP contribution in [0.1, 0.15) is 17.5 Å². The lowest BCUT2D eigenvalue weighted by Gasteiger charge is -2.18. The molecule has 1 aliphatic rings. The first-order valence-corrected chi connectivity index (χ1v) is 9.14. The molecule has 152 valence electrons. The quantitative estimate of drug-likeness (QED) is 0.743. The zero-order valence-corrected chi connectivity index (χ0v) is 15.7. The molecule has 8 heteroatoms. The van der Waals surface area contributed by atoms with Crippen LogP contribution in [0.5, 0.6) is 11.5 Å². The number of halogens is 3. The van der Waals surface area contributed by atoms with E-state index in [1.807, 2.05) is 30.3 Å². The third-order valence-corrected chi connectivity index (χ3v) is 4.62. The Morgan fingerprint density at radius 3 is 2.79 bits per heavy atom. The topological polar surface area (TPSA) is 46.6 Å². The molecule has 0 radical (unpaired) electrons. The molecule has 2 aromatic rings. The van der Waals surface area contributed by atoms with E-state index < -0.39 is 12.7 Å². The van der Waals surface area contributed by atoms with Gasteiger partial charge in [-0.25, -0.2) is 0 Å². The third-order valence-electron chi connectivity index (χ3n) is 4.62. The molecular formula is C20H24F3N3O2. The molecule has 2 heterocycles. The van der Waals surface area contributed by atoms with E-state index >= 15 is 0 Å². The van der Waals surface area contributed by atoms with Crippen LogP contribution >= 0.6 is 0 Å². The molecule has 1 N–H and O–H groups in total. The summed E-state index contributed by atoms with van der Waals surface area (Å²) in [5.41, 5.74) is 1.93. The first-order chi connectivity index (χ1) is 13.4. The van der Waals surface area contributed by atoms with Crippen LogP contribution in [0.2, 0.25) is 0 Å². The summed E-state index contributed by atoms with van der Waals surface area (Å²) in [6, 6.07) is 9.47. The second-order valence-corrected chi connectivity index (χ2v) is 6.85. The maximum absolute atomic E-state index is 12.5. The summed E-state index contributed by atoms with van der Waals surface area (Å²) in [4.78, 5) is 5.50. The smallest absolute Gasteiger partial charge is 0.401 e. The number of nitrogens with one attached hydrogen (secondary N) is 1. The van der Waals surface area contributed by atoms with Gasteiger partial charge in [-0.2, -0.15) is 13.2 Å². The lowest BCUT2D eigenvalue weighted by Crippen LogP contribution is -2.36. The molecule has 1 atom stereocenters. The second-order valence-electron chi connectivity index (χ2n) is 6.85. The number of likely N-dealkylation sites (tertiary alicyclic amines) is 1. The van der Waals surface area contributed by atoms with Crippen molar-refractivity contribution in [2.45, 2.75) is 31.8 Å². The van der Waals surface area contributed by atoms with Gasteiger partial charge in [-0.3, -0.25) is 9.88 Å². The van der Waals surface area contributed by atoms with Crippen LogP contribution in [-0.2, 0) is 13.2 Å². The highest BCUT2D eigenvalue weighted by Gasteiger charge is 2.34. The summed E-state index contributed by atoms with van der Waals surface area (Å²) in [6.07, 6.45) is 0.00188. The molecule has 1 aromatic carbocycles. The number of nitrogens with zero attached hydrogens (tertiary/aromatic N) is 2. The van der Waals surface area contributed by atoms with Crippen molar-refractivity contribution in [3.63, 3.8) is 0 Å². The minimum absolute atomic E-state index is 0.0456. The number of ether oxygens (including phenoxy) is 2. The minimum atomic E-state index is -4.15. The van der Waals surface area contributed by atoms with E-state index in [-0.39, 0.29) is 6.04 Å². The maximum atomic E-state index is 12.5. The Hall–Kier alpha value is -2.32. The molecule has 0 aliphatic carbocycles. The molecule has 0 amide bonds. The van der Waals surface area contributed by atoms with Crippen molar-refractivity contribution in [1.82, 2.24) is 15.2 Å². The summed E-state index contributed by atoms with van der Waals surface area (Å²) in [6.45, 7) is 0.938. The van der Waals surface area contributed by atoms with Crippen molar-refractivity contribution in [1.29, 1.82) is 0 Å². The highest BCUT2D eigenvalue weighted by molar-refractivity contribution is 5.43. The highest BCUT2D eigenvalue weighted by Crippen LogP contribution is 2.29. The summed E-state index contributed by atoms with van der Waals surface area (Å²) in [7, 11) is 1.58. The Morgan fingerprint density at radius 2 is 2.07 bits per heavy atom. The van der Waals surface area contributed by atoms with Crippen molar-refractivity contribution in [3.8, 4) is 11.5 Å². The fourth-order valence-electron chi connectivity index (χ4n) is 3.25. The van der Waals surface area contributed by atoms with Crippen LogP contribution in [-0.4, -0.2) is 48.8 Å². The van der Waals surface area contributed by atoms with Crippen LogP contribution in [0.15, 0.2) is 42.7 Å². The first-order valence-electron chi connectivity index (χ1n) is 9.14. The van der Waals surface area contributed by atoms with Crippen LogP contribution in [0.3, 0.4) is 0 Å². The van der Waals surface area contributed by atoms with Gasteiger partial charge < -0.3 is 14.8 Å². The third kappa shape index (κ3) is 6.10. The lowest BCUT2D eigenvalue weighted by atomic mass is 10.1. The Bertz CT molecular complexity index is 756. The van der Waals surface area contributed by atoms with Crippen molar-refractivity contribution in [2.75, 3.05) is 26.7 Å². The molecule has 1 unspecified atom stereocenters. The molecule has 3 rings (SSSR count). The summed E-state index contributed by atoms with van der Waals surface area (Å²) in [5, 5.41) is 3.34. The van der Waals surface area contributed by atoms with Gasteiger partial charge in [0, 0.05) is 43.6 Å². The molecule has 5 nitrogen and oxygen atoms in total. The molecule has 1 fully saturated rings. The number of pyridine rings is 1. The first kappa shape index (κ1) is 20.4. The maximum Gasteiger partial charge on any atom is 0.401 e. The number of hydrogen-bond donors (Lipinski definition) is 1. The molecular weight excluding hydrogens is 371 g/mol. The Morgan fingerprint density at radius 1 is 1.21 bits per heavy atom. The number of benzene rings is 1. The van der Waals surface area contributed by atoms with Crippen molar-refractivity contribution in [2.24, 2.45) is 0 Å². The van der Waals surface area contributed by atoms with E-state index in [1.165, 1.54) is 4.90 Å². The molecule has 0 saturated carbocycles. The zero-order chi connectivity index (χ0) is 20.0. The Kier molecular flexibility index (Phi) is 6.74. The highest BCUT2D eigenvalue weighted by atomic mass is 19.4. The normalized spacial score (nSPS) is 17.6. The lowest BCUT2D eigenvalue weighted by molar-refractivity contribution is -0.143.